The van der Waals surface area contributed by atoms with Crippen LogP contribution in [0.25, 0.3) is 106 Å². The maximum Gasteiger partial charge on any atom is 0.160 e. The molecule has 0 aliphatic carbocycles. The third kappa shape index (κ3) is 4.40. The number of nitrogens with zero attached hydrogens (tertiary/aromatic N) is 3. The van der Waals surface area contributed by atoms with Crippen molar-refractivity contribution in [3.63, 3.8) is 0 Å². The van der Waals surface area contributed by atoms with Crippen molar-refractivity contribution in [2.24, 2.45) is 0 Å². The Morgan fingerprint density at radius 3 is 2.06 bits per heavy atom. The largest absolute Gasteiger partial charge is 0.456 e. The number of hydrogen-bond donors (Lipinski definition) is 0. The highest BCUT2D eigenvalue weighted by Gasteiger charge is 2.22. The first kappa shape index (κ1) is 29.2. The van der Waals surface area contributed by atoms with E-state index in [2.05, 4.69) is 132 Å². The van der Waals surface area contributed by atoms with Crippen LogP contribution in [0.15, 0.2) is 157 Å². The lowest BCUT2D eigenvalue weighted by Crippen LogP contribution is -1.99. The van der Waals surface area contributed by atoms with Crippen LogP contribution in [0.3, 0.4) is 0 Å². The second-order valence-corrected chi connectivity index (χ2v) is 12.9. The van der Waals surface area contributed by atoms with Gasteiger partial charge in [-0.25, -0.2) is 9.97 Å². The molecule has 0 saturated heterocycles. The van der Waals surface area contributed by atoms with Gasteiger partial charge in [0.05, 0.1) is 16.7 Å². The Labute approximate surface area is 294 Å². The SMILES string of the molecule is C=Cc1c2ccccc2c2cc(-c3cccc(-c4nc(-c5ccccc5)nc5c6ccccc6n(-c6ccccc6)c45)c3)cc3o/c(=C/C)c1c32. The number of fused-ring (bicyclic) bond motifs is 5. The summed E-state index contributed by atoms with van der Waals surface area (Å²) < 4.78 is 8.87. The van der Waals surface area contributed by atoms with E-state index in [1.807, 2.05) is 43.3 Å². The molecule has 10 rings (SSSR count). The van der Waals surface area contributed by atoms with Crippen LogP contribution < -0.4 is 5.42 Å². The van der Waals surface area contributed by atoms with E-state index in [0.717, 1.165) is 82.9 Å². The highest BCUT2D eigenvalue weighted by molar-refractivity contribution is 6.25. The number of benzene rings is 7. The first-order valence-corrected chi connectivity index (χ1v) is 17.2. The summed E-state index contributed by atoms with van der Waals surface area (Å²) in [5, 5.41) is 6.85. The number of furan rings is 1. The molecule has 10 aromatic rings. The lowest BCUT2D eigenvalue weighted by atomic mass is 9.91. The molecule has 0 N–H and O–H groups in total. The molecule has 3 aromatic heterocycles. The van der Waals surface area contributed by atoms with Gasteiger partial charge in [-0.2, -0.15) is 0 Å². The molecule has 0 unspecified atom stereocenters. The predicted molar refractivity (Wildman–Crippen MR) is 213 cm³/mol. The van der Waals surface area contributed by atoms with Gasteiger partial charge in [-0.3, -0.25) is 0 Å². The Balaban J connectivity index is 1.27. The zero-order valence-corrected chi connectivity index (χ0v) is 28.0. The average molecular weight is 654 g/mol. The van der Waals surface area contributed by atoms with E-state index in [0.29, 0.717) is 5.82 Å². The Morgan fingerprint density at radius 1 is 0.588 bits per heavy atom. The number of para-hydroxylation sites is 2. The molecule has 0 atom stereocenters. The van der Waals surface area contributed by atoms with E-state index in [1.165, 1.54) is 16.2 Å². The van der Waals surface area contributed by atoms with Gasteiger partial charge in [0.25, 0.3) is 0 Å². The van der Waals surface area contributed by atoms with Crippen LogP contribution in [0, 0.1) is 0 Å². The first-order valence-electron chi connectivity index (χ1n) is 17.2. The van der Waals surface area contributed by atoms with Crippen LogP contribution in [-0.2, 0) is 0 Å². The van der Waals surface area contributed by atoms with E-state index in [-0.39, 0.29) is 0 Å². The standard InChI is InChI=1S/C47H31N3O/c1-3-34-35-22-11-12-23-36(35)38-27-32(28-41-43(38)42(34)40(4-2)51-41)30-18-15-19-31(26-30)44-46-45(49-47(48-44)29-16-7-5-8-17-29)37-24-13-14-25-39(37)50(46)33-20-9-6-10-21-33/h3-28H,1H2,2H3/b40-4+. The lowest BCUT2D eigenvalue weighted by Gasteiger charge is -2.14. The third-order valence-corrected chi connectivity index (χ3v) is 10.1. The van der Waals surface area contributed by atoms with Crippen molar-refractivity contribution < 1.29 is 4.42 Å². The van der Waals surface area contributed by atoms with Crippen LogP contribution >= 0.6 is 0 Å². The molecule has 0 aliphatic rings. The van der Waals surface area contributed by atoms with Gasteiger partial charge in [0.2, 0.25) is 0 Å². The van der Waals surface area contributed by atoms with E-state index in [4.69, 9.17) is 14.4 Å². The molecule has 4 nitrogen and oxygen atoms in total. The van der Waals surface area contributed by atoms with Crippen molar-refractivity contribution in [3.05, 3.63) is 163 Å². The fourth-order valence-corrected chi connectivity index (χ4v) is 7.85. The van der Waals surface area contributed by atoms with Gasteiger partial charge in [-0.15, -0.1) is 0 Å². The summed E-state index contributed by atoms with van der Waals surface area (Å²) in [7, 11) is 0. The number of aromatic nitrogens is 3. The van der Waals surface area contributed by atoms with E-state index in [1.54, 1.807) is 0 Å². The highest BCUT2D eigenvalue weighted by atomic mass is 16.3. The molecule has 0 amide bonds. The minimum atomic E-state index is 0.697. The minimum absolute atomic E-state index is 0.697. The molecule has 0 radical (unpaired) electrons. The molecule has 0 bridgehead atoms. The van der Waals surface area contributed by atoms with E-state index in [9.17, 15) is 0 Å². The average Bonchev–Trinajstić information content (AvgIpc) is 3.74. The molecular formula is C47H31N3O. The van der Waals surface area contributed by atoms with Crippen molar-refractivity contribution in [3.8, 4) is 39.5 Å². The summed E-state index contributed by atoms with van der Waals surface area (Å²) in [6, 6.07) is 51.0. The number of hydrogen-bond acceptors (Lipinski definition) is 3. The highest BCUT2D eigenvalue weighted by Crippen LogP contribution is 2.42. The zero-order chi connectivity index (χ0) is 34.1. The fourth-order valence-electron chi connectivity index (χ4n) is 7.85. The van der Waals surface area contributed by atoms with E-state index >= 15 is 0 Å². The molecule has 0 fully saturated rings. The second-order valence-electron chi connectivity index (χ2n) is 12.9. The van der Waals surface area contributed by atoms with Crippen molar-refractivity contribution in [2.45, 2.75) is 6.92 Å². The fraction of sp³-hybridized carbons (Fsp3) is 0.0213. The van der Waals surface area contributed by atoms with Crippen molar-refractivity contribution >= 4 is 66.6 Å². The second kappa shape index (κ2) is 11.4. The van der Waals surface area contributed by atoms with Gasteiger partial charge in [0, 0.05) is 33.0 Å². The Hall–Kier alpha value is -6.78. The molecule has 7 aromatic carbocycles. The molecule has 0 spiro atoms. The smallest absolute Gasteiger partial charge is 0.160 e. The normalized spacial score (nSPS) is 12.2. The lowest BCUT2D eigenvalue weighted by molar-refractivity contribution is 0.583. The molecule has 51 heavy (non-hydrogen) atoms. The van der Waals surface area contributed by atoms with Crippen LogP contribution in [0.1, 0.15) is 12.5 Å². The number of rotatable bonds is 5. The van der Waals surface area contributed by atoms with Gasteiger partial charge in [-0.1, -0.05) is 122 Å². The summed E-state index contributed by atoms with van der Waals surface area (Å²) in [5.41, 5.74) is 11.9. The van der Waals surface area contributed by atoms with Gasteiger partial charge in [0.15, 0.2) is 5.82 Å². The topological polar surface area (TPSA) is 43.9 Å². The first-order chi connectivity index (χ1) is 25.2. The summed E-state index contributed by atoms with van der Waals surface area (Å²) >= 11 is 0. The van der Waals surface area contributed by atoms with Crippen molar-refractivity contribution in [1.82, 2.24) is 14.5 Å². The molecule has 240 valence electrons. The summed E-state index contributed by atoms with van der Waals surface area (Å²) in [6.45, 7) is 6.21. The van der Waals surface area contributed by atoms with Gasteiger partial charge in [-0.05, 0) is 82.2 Å². The maximum absolute atomic E-state index is 6.57. The van der Waals surface area contributed by atoms with Gasteiger partial charge < -0.3 is 8.98 Å². The van der Waals surface area contributed by atoms with Gasteiger partial charge in [0.1, 0.15) is 16.5 Å². The molecule has 4 heteroatoms. The van der Waals surface area contributed by atoms with E-state index < -0.39 is 0 Å². The maximum atomic E-state index is 6.57. The Morgan fingerprint density at radius 2 is 1.27 bits per heavy atom. The summed E-state index contributed by atoms with van der Waals surface area (Å²) in [5.74, 6) is 0.697. The van der Waals surface area contributed by atoms with Gasteiger partial charge >= 0.3 is 0 Å². The zero-order valence-electron chi connectivity index (χ0n) is 28.0. The van der Waals surface area contributed by atoms with Crippen LogP contribution in [0.5, 0.6) is 0 Å². The minimum Gasteiger partial charge on any atom is -0.456 e. The Kier molecular flexibility index (Phi) is 6.52. The van der Waals surface area contributed by atoms with Crippen LogP contribution in [0.4, 0.5) is 0 Å². The molecule has 0 aliphatic heterocycles. The van der Waals surface area contributed by atoms with Crippen LogP contribution in [0.2, 0.25) is 0 Å². The predicted octanol–water partition coefficient (Wildman–Crippen LogP) is 11.8. The monoisotopic (exact) mass is 653 g/mol. The molecule has 0 saturated carbocycles. The Bertz CT molecular complexity index is 3040. The summed E-state index contributed by atoms with van der Waals surface area (Å²) in [4.78, 5) is 10.6. The van der Waals surface area contributed by atoms with Crippen molar-refractivity contribution in [2.75, 3.05) is 0 Å². The third-order valence-electron chi connectivity index (χ3n) is 10.1. The summed E-state index contributed by atoms with van der Waals surface area (Å²) in [6.07, 6.45) is 4.00. The quantitative estimate of drug-likeness (QED) is 0.174. The van der Waals surface area contributed by atoms with Crippen molar-refractivity contribution in [1.29, 1.82) is 0 Å². The van der Waals surface area contributed by atoms with Crippen LogP contribution in [-0.4, -0.2) is 14.5 Å². The molecule has 3 heterocycles. The molecular weight excluding hydrogens is 623 g/mol.